The lowest BCUT2D eigenvalue weighted by molar-refractivity contribution is -0.118. The lowest BCUT2D eigenvalue weighted by atomic mass is 10.1. The highest BCUT2D eigenvalue weighted by Gasteiger charge is 2.30. The molecule has 1 aromatic heterocycles. The van der Waals surface area contributed by atoms with Crippen LogP contribution in [0.25, 0.3) is 5.69 Å². The number of rotatable bonds is 5. The summed E-state index contributed by atoms with van der Waals surface area (Å²) in [6.07, 6.45) is 2.13. The van der Waals surface area contributed by atoms with Crippen molar-refractivity contribution in [3.63, 3.8) is 0 Å². The second-order valence-corrected chi connectivity index (χ2v) is 7.03. The van der Waals surface area contributed by atoms with Crippen molar-refractivity contribution in [3.8, 4) is 11.4 Å². The van der Waals surface area contributed by atoms with E-state index in [2.05, 4.69) is 25.8 Å². The number of thioether (sulfide) groups is 1. The minimum atomic E-state index is -0.230. The van der Waals surface area contributed by atoms with Crippen molar-refractivity contribution in [2.75, 3.05) is 7.11 Å². The number of hydrogen-bond acceptors (Lipinski definition) is 7. The minimum absolute atomic E-state index is 0.0416. The number of amides is 1. The van der Waals surface area contributed by atoms with Crippen molar-refractivity contribution >= 4 is 28.5 Å². The normalized spacial score (nSPS) is 17.9. The highest BCUT2D eigenvalue weighted by atomic mass is 32.2. The second kappa shape index (κ2) is 7.58. The molecule has 0 aliphatic carbocycles. The van der Waals surface area contributed by atoms with Crippen molar-refractivity contribution in [1.29, 1.82) is 0 Å². The topological polar surface area (TPSA) is 94.3 Å². The van der Waals surface area contributed by atoms with Gasteiger partial charge >= 0.3 is 0 Å². The zero-order valence-corrected chi connectivity index (χ0v) is 15.3. The van der Waals surface area contributed by atoms with Gasteiger partial charge in [-0.05, 0) is 58.8 Å². The van der Waals surface area contributed by atoms with Crippen LogP contribution in [-0.4, -0.2) is 43.6 Å². The first-order valence-corrected chi connectivity index (χ1v) is 9.12. The number of benzene rings is 2. The molecule has 0 radical (unpaired) electrons. The van der Waals surface area contributed by atoms with Gasteiger partial charge in [0, 0.05) is 0 Å². The first kappa shape index (κ1) is 17.2. The maximum Gasteiger partial charge on any atom is 0.239 e. The highest BCUT2D eigenvalue weighted by Crippen LogP contribution is 2.27. The molecule has 136 valence electrons. The van der Waals surface area contributed by atoms with Crippen molar-refractivity contribution in [2.45, 2.75) is 11.7 Å². The number of nitrogens with zero attached hydrogens (tertiary/aromatic N) is 5. The number of nitrogens with one attached hydrogen (secondary N) is 1. The maximum atomic E-state index is 12.3. The lowest BCUT2D eigenvalue weighted by Crippen LogP contribution is -2.26. The molecule has 4 rings (SSSR count). The van der Waals surface area contributed by atoms with E-state index in [0.29, 0.717) is 11.6 Å². The minimum Gasteiger partial charge on any atom is -0.497 e. The molecule has 8 nitrogen and oxygen atoms in total. The zero-order chi connectivity index (χ0) is 18.6. The van der Waals surface area contributed by atoms with Crippen molar-refractivity contribution in [3.05, 3.63) is 60.4 Å². The number of aromatic nitrogens is 4. The standard InChI is InChI=1S/C18H16N6O2S/c1-26-15-7-5-13(6-8-15)20-18-21-17(25)16(27-18)10-12-3-2-4-14(9-12)24-11-19-22-23-24/h2-9,11,16H,10H2,1H3,(H,20,21,25). The molecule has 1 atom stereocenters. The van der Waals surface area contributed by atoms with Gasteiger partial charge < -0.3 is 10.1 Å². The molecule has 1 unspecified atom stereocenters. The molecule has 0 spiro atoms. The Balaban J connectivity index is 1.46. The third-order valence-corrected chi connectivity index (χ3v) is 5.11. The molecule has 0 saturated carbocycles. The predicted octanol–water partition coefficient (Wildman–Crippen LogP) is 2.13. The Labute approximate surface area is 159 Å². The monoisotopic (exact) mass is 380 g/mol. The molecular formula is C18H16N6O2S. The molecule has 1 aliphatic heterocycles. The second-order valence-electron chi connectivity index (χ2n) is 5.84. The van der Waals surface area contributed by atoms with E-state index in [-0.39, 0.29) is 11.2 Å². The van der Waals surface area contributed by atoms with Crippen LogP contribution in [-0.2, 0) is 11.2 Å². The van der Waals surface area contributed by atoms with Gasteiger partial charge in [-0.15, -0.1) is 5.10 Å². The summed E-state index contributed by atoms with van der Waals surface area (Å²) < 4.78 is 6.72. The summed E-state index contributed by atoms with van der Waals surface area (Å²) in [7, 11) is 1.62. The molecular weight excluding hydrogens is 364 g/mol. The average Bonchev–Trinajstić information content (AvgIpc) is 3.33. The summed E-state index contributed by atoms with van der Waals surface area (Å²) in [6, 6.07) is 15.2. The van der Waals surface area contributed by atoms with E-state index in [1.807, 2.05) is 48.5 Å². The molecule has 3 aromatic rings. The quantitative estimate of drug-likeness (QED) is 0.729. The SMILES string of the molecule is COc1ccc(N=C2NC(=O)C(Cc3cccc(-n4cnnn4)c3)S2)cc1. The third kappa shape index (κ3) is 3.98. The van der Waals surface area contributed by atoms with E-state index < -0.39 is 0 Å². The van der Waals surface area contributed by atoms with Gasteiger partial charge in [-0.2, -0.15) is 0 Å². The Kier molecular flexibility index (Phi) is 4.84. The number of tetrazole rings is 1. The average molecular weight is 380 g/mol. The summed E-state index contributed by atoms with van der Waals surface area (Å²) in [5.41, 5.74) is 2.65. The molecule has 1 saturated heterocycles. The van der Waals surface area contributed by atoms with Crippen molar-refractivity contribution < 1.29 is 9.53 Å². The van der Waals surface area contributed by atoms with E-state index in [1.54, 1.807) is 11.8 Å². The first-order chi connectivity index (χ1) is 13.2. The summed E-state index contributed by atoms with van der Waals surface area (Å²) in [5, 5.41) is 14.4. The molecule has 1 fully saturated rings. The van der Waals surface area contributed by atoms with Crippen LogP contribution in [0.2, 0.25) is 0 Å². The van der Waals surface area contributed by atoms with Gasteiger partial charge in [-0.1, -0.05) is 23.9 Å². The number of aliphatic imine (C=N–C) groups is 1. The largest absolute Gasteiger partial charge is 0.497 e. The number of hydrogen-bond donors (Lipinski definition) is 1. The van der Waals surface area contributed by atoms with Crippen molar-refractivity contribution in [2.24, 2.45) is 4.99 Å². The Hall–Kier alpha value is -3.20. The Morgan fingerprint density at radius 3 is 2.85 bits per heavy atom. The van der Waals surface area contributed by atoms with Gasteiger partial charge in [0.1, 0.15) is 12.1 Å². The number of methoxy groups -OCH3 is 1. The van der Waals surface area contributed by atoms with Gasteiger partial charge in [0.2, 0.25) is 5.91 Å². The molecule has 2 heterocycles. The van der Waals surface area contributed by atoms with Crippen molar-refractivity contribution in [1.82, 2.24) is 25.5 Å². The van der Waals surface area contributed by atoms with Gasteiger partial charge in [0.05, 0.1) is 23.7 Å². The van der Waals surface area contributed by atoms with Gasteiger partial charge in [-0.3, -0.25) is 4.79 Å². The molecule has 9 heteroatoms. The molecule has 1 N–H and O–H groups in total. The summed E-state index contributed by atoms with van der Waals surface area (Å²) >= 11 is 1.43. The van der Waals surface area contributed by atoms with Crippen LogP contribution in [0.3, 0.4) is 0 Å². The van der Waals surface area contributed by atoms with Crippen LogP contribution in [0.15, 0.2) is 59.9 Å². The molecule has 1 aliphatic rings. The van der Waals surface area contributed by atoms with Crippen LogP contribution < -0.4 is 10.1 Å². The summed E-state index contributed by atoms with van der Waals surface area (Å²) in [5.74, 6) is 0.725. The first-order valence-electron chi connectivity index (χ1n) is 8.24. The Morgan fingerprint density at radius 2 is 2.11 bits per heavy atom. The summed E-state index contributed by atoms with van der Waals surface area (Å²) in [4.78, 5) is 16.8. The molecule has 1 amide bonds. The Bertz CT molecular complexity index is 972. The maximum absolute atomic E-state index is 12.3. The lowest BCUT2D eigenvalue weighted by Gasteiger charge is -2.07. The van der Waals surface area contributed by atoms with Gasteiger partial charge in [0.25, 0.3) is 0 Å². The van der Waals surface area contributed by atoms with E-state index in [4.69, 9.17) is 4.74 Å². The Morgan fingerprint density at radius 1 is 1.26 bits per heavy atom. The van der Waals surface area contributed by atoms with Gasteiger partial charge in [-0.25, -0.2) is 9.67 Å². The zero-order valence-electron chi connectivity index (χ0n) is 14.4. The van der Waals surface area contributed by atoms with Crippen LogP contribution in [0.4, 0.5) is 5.69 Å². The van der Waals surface area contributed by atoms with Crippen LogP contribution in [0.5, 0.6) is 5.75 Å². The number of carbonyl (C=O) groups excluding carboxylic acids is 1. The summed E-state index contributed by atoms with van der Waals surface area (Å²) in [6.45, 7) is 0. The smallest absolute Gasteiger partial charge is 0.239 e. The highest BCUT2D eigenvalue weighted by molar-refractivity contribution is 8.15. The number of carbonyl (C=O) groups is 1. The molecule has 27 heavy (non-hydrogen) atoms. The van der Waals surface area contributed by atoms with E-state index in [0.717, 1.165) is 22.7 Å². The van der Waals surface area contributed by atoms with E-state index >= 15 is 0 Å². The third-order valence-electron chi connectivity index (χ3n) is 4.02. The molecule has 2 aromatic carbocycles. The number of ether oxygens (including phenoxy) is 1. The van der Waals surface area contributed by atoms with Crippen LogP contribution in [0, 0.1) is 0 Å². The van der Waals surface area contributed by atoms with Crippen LogP contribution >= 0.6 is 11.8 Å². The fourth-order valence-corrected chi connectivity index (χ4v) is 3.71. The number of amidine groups is 1. The van der Waals surface area contributed by atoms with E-state index in [9.17, 15) is 4.79 Å². The molecule has 0 bridgehead atoms. The predicted molar refractivity (Wildman–Crippen MR) is 102 cm³/mol. The fourth-order valence-electron chi connectivity index (χ4n) is 2.69. The van der Waals surface area contributed by atoms with Crippen LogP contribution in [0.1, 0.15) is 5.56 Å². The van der Waals surface area contributed by atoms with E-state index in [1.165, 1.54) is 18.1 Å². The fraction of sp³-hybridized carbons (Fsp3) is 0.167. The van der Waals surface area contributed by atoms with Gasteiger partial charge in [0.15, 0.2) is 5.17 Å².